The summed E-state index contributed by atoms with van der Waals surface area (Å²) in [6.07, 6.45) is 0. The summed E-state index contributed by atoms with van der Waals surface area (Å²) in [5.74, 6) is 0. The van der Waals surface area contributed by atoms with Gasteiger partial charge in [-0.3, -0.25) is 0 Å². The summed E-state index contributed by atoms with van der Waals surface area (Å²) in [4.78, 5) is 0. The molecular formula is AlCl3O9S3. The molecule has 0 atom stereocenters. The van der Waals surface area contributed by atoms with Crippen LogP contribution < -0.4 is 0 Å². The van der Waals surface area contributed by atoms with Gasteiger partial charge < -0.3 is 0 Å². The van der Waals surface area contributed by atoms with Gasteiger partial charge in [-0.15, -0.1) is 0 Å². The Labute approximate surface area is 108 Å². The third kappa shape index (κ3) is 3.82. The minimum absolute atomic E-state index is 3.25. The molecule has 0 saturated heterocycles. The molecule has 16 heteroatoms. The summed E-state index contributed by atoms with van der Waals surface area (Å²) < 4.78 is 75.6. The van der Waals surface area contributed by atoms with E-state index in [9.17, 15) is 25.3 Å². The lowest BCUT2D eigenvalue weighted by molar-refractivity contribution is 0.514. The fraction of sp³-hybridized carbons (Fsp3) is 0. The minimum atomic E-state index is -5.19. The zero-order valence-corrected chi connectivity index (χ0v) is 12.5. The van der Waals surface area contributed by atoms with Crippen molar-refractivity contribution in [2.75, 3.05) is 0 Å². The van der Waals surface area contributed by atoms with Gasteiger partial charge in [0.05, 0.1) is 35.6 Å². The average Bonchev–Trinajstić information content (AvgIpc) is 2.16. The fourth-order valence-corrected chi connectivity index (χ4v) is 18.9. The van der Waals surface area contributed by atoms with E-state index in [0.29, 0.717) is 0 Å². The molecule has 9 nitrogen and oxygen atoms in total. The highest BCUT2D eigenvalue weighted by atomic mass is 35.5. The predicted molar refractivity (Wildman–Crippen MR) is 53.3 cm³/mol. The molecule has 0 radical (unpaired) electrons. The fourth-order valence-electron chi connectivity index (χ4n) is 0.522. The first-order valence-electron chi connectivity index (χ1n) is 2.67. The molecule has 0 aromatic rings. The summed E-state index contributed by atoms with van der Waals surface area (Å²) in [5, 5.41) is 0. The monoisotopic (exact) mass is 372 g/mol. The van der Waals surface area contributed by atoms with Crippen molar-refractivity contribution < 1.29 is 36.5 Å². The predicted octanol–water partition coefficient (Wildman–Crippen LogP) is -0.528. The average molecular weight is 374 g/mol. The van der Waals surface area contributed by atoms with Crippen molar-refractivity contribution in [2.24, 2.45) is 0 Å². The number of hydrogen-bond donors (Lipinski definition) is 0. The lowest BCUT2D eigenvalue weighted by Gasteiger charge is -2.04. The molecule has 16 heavy (non-hydrogen) atoms. The van der Waals surface area contributed by atoms with E-state index >= 15 is 0 Å². The summed E-state index contributed by atoms with van der Waals surface area (Å²) in [6.45, 7) is 0. The van der Waals surface area contributed by atoms with Crippen LogP contribution in [0.5, 0.6) is 0 Å². The Bertz CT molecular complexity index is 446. The van der Waals surface area contributed by atoms with E-state index in [1.807, 2.05) is 0 Å². The first-order chi connectivity index (χ1) is 7.05. The molecule has 0 aliphatic carbocycles. The maximum atomic E-state index is 11.0. The van der Waals surface area contributed by atoms with E-state index in [1.165, 1.54) is 0 Å². The van der Waals surface area contributed by atoms with E-state index in [4.69, 9.17) is 0 Å². The van der Waals surface area contributed by atoms with Crippen molar-refractivity contribution in [3.8, 4) is 0 Å². The van der Waals surface area contributed by atoms with Gasteiger partial charge in [0, 0.05) is 0 Å². The minimum Gasteiger partial charge on any atom is -0.220 e. The Kier molecular flexibility index (Phi) is 6.26. The van der Waals surface area contributed by atoms with E-state index < -0.39 is 36.2 Å². The third-order valence-electron chi connectivity index (χ3n) is 0.971. The van der Waals surface area contributed by atoms with E-state index in [-0.39, 0.29) is 0 Å². The normalized spacial score (nSPS) is 13.7. The molecule has 0 aliphatic heterocycles. The van der Waals surface area contributed by atoms with E-state index in [0.717, 1.165) is 0 Å². The molecule has 0 spiro atoms. The third-order valence-corrected chi connectivity index (χ3v) is 23.4. The van der Waals surface area contributed by atoms with Crippen LogP contribution in [0.2, 0.25) is 0 Å². The van der Waals surface area contributed by atoms with Crippen LogP contribution in [-0.4, -0.2) is 36.0 Å². The van der Waals surface area contributed by atoms with Gasteiger partial charge in [0.25, 0.3) is 0 Å². The maximum Gasteiger partial charge on any atom is 0.913 e. The summed E-state index contributed by atoms with van der Waals surface area (Å²) >= 11 is 13.3. The largest absolute Gasteiger partial charge is 0.913 e. The zero-order valence-electron chi connectivity index (χ0n) is 6.61. The van der Waals surface area contributed by atoms with Crippen LogP contribution in [0.1, 0.15) is 0 Å². The van der Waals surface area contributed by atoms with Crippen molar-refractivity contribution in [1.82, 2.24) is 0 Å². The second kappa shape index (κ2) is 5.85. The molecule has 96 valence electrons. The molecule has 0 fully saturated rings. The number of hydrogen-bond acceptors (Lipinski definition) is 9. The second-order valence-corrected chi connectivity index (χ2v) is 19.1. The summed E-state index contributed by atoms with van der Waals surface area (Å²) in [6, 6.07) is 0. The summed E-state index contributed by atoms with van der Waals surface area (Å²) in [5.41, 5.74) is 0. The lowest BCUT2D eigenvalue weighted by Crippen LogP contribution is -2.43. The van der Waals surface area contributed by atoms with Crippen molar-refractivity contribution >= 4 is 71.8 Å². The van der Waals surface area contributed by atoms with E-state index in [1.54, 1.807) is 0 Å². The Morgan fingerprint density at radius 3 is 0.938 bits per heavy atom. The van der Waals surface area contributed by atoms with Crippen LogP contribution in [0.4, 0.5) is 0 Å². The molecule has 0 N–H and O–H groups in total. The Morgan fingerprint density at radius 2 is 0.812 bits per heavy atom. The van der Waals surface area contributed by atoms with E-state index in [2.05, 4.69) is 46.8 Å². The van der Waals surface area contributed by atoms with Crippen LogP contribution in [0.3, 0.4) is 0 Å². The van der Waals surface area contributed by atoms with Crippen LogP contribution >= 0.6 is 35.6 Å². The van der Waals surface area contributed by atoms with Gasteiger partial charge in [-0.05, 0) is 0 Å². The van der Waals surface area contributed by atoms with Gasteiger partial charge in [0.2, 0.25) is 25.5 Å². The Hall–Kier alpha value is 1.13. The van der Waals surface area contributed by atoms with Crippen LogP contribution in [-0.2, 0) is 36.7 Å². The molecule has 0 heterocycles. The van der Waals surface area contributed by atoms with Gasteiger partial charge in [-0.25, -0.2) is 25.3 Å². The molecular weight excluding hydrogens is 374 g/mol. The van der Waals surface area contributed by atoms with Gasteiger partial charge in [-0.2, -0.15) is 11.2 Å². The van der Waals surface area contributed by atoms with Gasteiger partial charge in [0.1, 0.15) is 0 Å². The second-order valence-electron chi connectivity index (χ2n) is 1.96. The van der Waals surface area contributed by atoms with Crippen LogP contribution in [0, 0.1) is 0 Å². The molecule has 0 aromatic carbocycles. The first-order valence-corrected chi connectivity index (χ1v) is 12.3. The molecule has 0 aromatic heterocycles. The Morgan fingerprint density at radius 1 is 0.625 bits per heavy atom. The van der Waals surface area contributed by atoms with Crippen molar-refractivity contribution in [2.45, 2.75) is 0 Å². The molecule has 0 saturated carbocycles. The highest BCUT2D eigenvalue weighted by Crippen LogP contribution is 2.20. The smallest absolute Gasteiger partial charge is 0.220 e. The van der Waals surface area contributed by atoms with Crippen LogP contribution in [0.25, 0.3) is 0 Å². The maximum absolute atomic E-state index is 11.0. The molecule has 0 bridgehead atoms. The first kappa shape index (κ1) is 17.1. The van der Waals surface area contributed by atoms with Gasteiger partial charge in [-0.1, -0.05) is 0 Å². The van der Waals surface area contributed by atoms with Gasteiger partial charge >= 0.3 is 10.8 Å². The Balaban J connectivity index is 6.03. The molecule has 0 amide bonds. The highest BCUT2D eigenvalue weighted by Gasteiger charge is 2.68. The molecule has 0 aliphatic rings. The van der Waals surface area contributed by atoms with Gasteiger partial charge in [0.15, 0.2) is 0 Å². The van der Waals surface area contributed by atoms with Crippen molar-refractivity contribution in [1.29, 1.82) is 0 Å². The molecule has 0 unspecified atom stereocenters. The summed E-state index contributed by atoms with van der Waals surface area (Å²) in [7, 11) is -20.6. The quantitative estimate of drug-likeness (QED) is 0.564. The lowest BCUT2D eigenvalue weighted by atomic mass is 15.8. The number of halogens is 3. The molecule has 0 rings (SSSR count). The van der Waals surface area contributed by atoms with Crippen LogP contribution in [0.15, 0.2) is 0 Å². The number of rotatable bonds is 6. The topological polar surface area (TPSA) is 130 Å². The zero-order chi connectivity index (χ0) is 13.2. The van der Waals surface area contributed by atoms with Crippen molar-refractivity contribution in [3.63, 3.8) is 0 Å². The standard InChI is InChI=1S/Al.3ClO3S/c;3*1-4-5(2)3. The van der Waals surface area contributed by atoms with Crippen molar-refractivity contribution in [3.05, 3.63) is 0 Å². The highest BCUT2D eigenvalue weighted by molar-refractivity contribution is 8.67. The SMILES string of the molecule is O=[S](=O)(OCl)[Al]([S](=O)(=O)OCl)[S](=O)(=O)OCl.